The number of rotatable bonds is 20. The molecule has 0 amide bonds. The predicted octanol–water partition coefficient (Wildman–Crippen LogP) is 9.29. The van der Waals surface area contributed by atoms with E-state index >= 15 is 0 Å². The van der Waals surface area contributed by atoms with Gasteiger partial charge in [-0.1, -0.05) is 83.1 Å². The fraction of sp³-hybridized carbons (Fsp3) is 1.00. The molecule has 0 heterocycles. The number of ether oxygens (including phenoxy) is 3. The topological polar surface area (TPSA) is 53.7 Å². The smallest absolute Gasteiger partial charge is 0.0707 e. The van der Waals surface area contributed by atoms with Crippen molar-refractivity contribution in [1.29, 1.82) is 0 Å². The molecular weight excluding hydrogens is 470 g/mol. The van der Waals surface area contributed by atoms with Gasteiger partial charge in [-0.15, -0.1) is 0 Å². The van der Waals surface area contributed by atoms with Crippen molar-refractivity contribution in [2.75, 3.05) is 26.4 Å². The van der Waals surface area contributed by atoms with Crippen LogP contribution in [0, 0.1) is 33.5 Å². The third-order valence-electron chi connectivity index (χ3n) is 7.79. The molecule has 0 aromatic heterocycles. The van der Waals surface area contributed by atoms with E-state index in [4.69, 9.17) is 19.9 Å². The minimum atomic E-state index is -0.240. The molecule has 0 aliphatic carbocycles. The SMILES string of the molecule is CC(C)CC(C)(C)CC(C)(C)CC(C)(C)OCCC(C)(C)OCCOCC(C)(C)CC(C)(C)C(N)C(C)C. The van der Waals surface area contributed by atoms with Crippen LogP contribution in [0.2, 0.25) is 0 Å². The Hall–Kier alpha value is -0.160. The quantitative estimate of drug-likeness (QED) is 0.156. The van der Waals surface area contributed by atoms with Crippen LogP contribution in [0.15, 0.2) is 0 Å². The standard InChI is InChI=1S/C34H71NO3/c1-26(2)21-29(5,6)22-30(7,8)24-34(15,16)37-18-17-33(13,14)38-20-19-36-25-31(9,10)23-32(11,12)28(35)27(3)4/h26-28H,17-25,35H2,1-16H3. The minimum absolute atomic E-state index is 0.0722. The van der Waals surface area contributed by atoms with Crippen LogP contribution in [-0.2, 0) is 14.2 Å². The summed E-state index contributed by atoms with van der Waals surface area (Å²) in [6.45, 7) is 39.2. The zero-order chi connectivity index (χ0) is 30.2. The first-order valence-corrected chi connectivity index (χ1v) is 15.4. The Bertz CT molecular complexity index is 659. The second-order valence-corrected chi connectivity index (χ2v) is 17.4. The average molecular weight is 542 g/mol. The monoisotopic (exact) mass is 542 g/mol. The van der Waals surface area contributed by atoms with Crippen LogP contribution >= 0.6 is 0 Å². The van der Waals surface area contributed by atoms with Gasteiger partial charge in [0.15, 0.2) is 0 Å². The lowest BCUT2D eigenvalue weighted by Crippen LogP contribution is -2.44. The van der Waals surface area contributed by atoms with Crippen LogP contribution in [0.3, 0.4) is 0 Å². The maximum Gasteiger partial charge on any atom is 0.0707 e. The van der Waals surface area contributed by atoms with E-state index in [9.17, 15) is 0 Å². The highest BCUT2D eigenvalue weighted by Gasteiger charge is 2.36. The molecule has 0 saturated heterocycles. The Morgan fingerprint density at radius 3 is 1.61 bits per heavy atom. The molecule has 0 spiro atoms. The van der Waals surface area contributed by atoms with Crippen LogP contribution in [0.5, 0.6) is 0 Å². The van der Waals surface area contributed by atoms with Gasteiger partial charge in [-0.3, -0.25) is 0 Å². The highest BCUT2D eigenvalue weighted by atomic mass is 16.5. The van der Waals surface area contributed by atoms with Gasteiger partial charge in [-0.05, 0) is 93.3 Å². The first-order chi connectivity index (χ1) is 16.8. The van der Waals surface area contributed by atoms with Crippen LogP contribution in [0.1, 0.15) is 143 Å². The first kappa shape index (κ1) is 37.8. The van der Waals surface area contributed by atoms with Crippen LogP contribution in [0.4, 0.5) is 0 Å². The zero-order valence-electron chi connectivity index (χ0n) is 28.9. The van der Waals surface area contributed by atoms with Gasteiger partial charge in [0, 0.05) is 6.04 Å². The van der Waals surface area contributed by atoms with Gasteiger partial charge >= 0.3 is 0 Å². The molecule has 4 heteroatoms. The molecular formula is C34H71NO3. The van der Waals surface area contributed by atoms with Crippen molar-refractivity contribution in [3.05, 3.63) is 0 Å². The van der Waals surface area contributed by atoms with E-state index in [1.807, 2.05) is 0 Å². The summed E-state index contributed by atoms with van der Waals surface area (Å²) in [5.74, 6) is 1.20. The summed E-state index contributed by atoms with van der Waals surface area (Å²) in [7, 11) is 0. The van der Waals surface area contributed by atoms with Crippen molar-refractivity contribution in [2.24, 2.45) is 39.2 Å². The lowest BCUT2D eigenvalue weighted by atomic mass is 9.68. The fourth-order valence-corrected chi connectivity index (χ4v) is 7.41. The number of hydrogen-bond donors (Lipinski definition) is 1. The molecule has 0 bridgehead atoms. The summed E-state index contributed by atoms with van der Waals surface area (Å²) < 4.78 is 18.7. The number of nitrogens with two attached hydrogens (primary N) is 1. The van der Waals surface area contributed by atoms with Crippen molar-refractivity contribution < 1.29 is 14.2 Å². The summed E-state index contributed by atoms with van der Waals surface area (Å²) in [6.07, 6.45) is 5.41. The van der Waals surface area contributed by atoms with Crippen LogP contribution in [-0.4, -0.2) is 43.7 Å². The molecule has 0 aromatic carbocycles. The van der Waals surface area contributed by atoms with E-state index in [0.717, 1.165) is 25.2 Å². The maximum absolute atomic E-state index is 6.49. The van der Waals surface area contributed by atoms with Gasteiger partial charge in [-0.25, -0.2) is 0 Å². The molecule has 0 aliphatic heterocycles. The predicted molar refractivity (Wildman–Crippen MR) is 167 cm³/mol. The fourth-order valence-electron chi connectivity index (χ4n) is 7.41. The summed E-state index contributed by atoms with van der Waals surface area (Å²) in [5, 5.41) is 0. The maximum atomic E-state index is 6.49. The molecule has 0 aliphatic rings. The Morgan fingerprint density at radius 2 is 1.11 bits per heavy atom. The molecule has 1 unspecified atom stereocenters. The summed E-state index contributed by atoms with van der Waals surface area (Å²) in [4.78, 5) is 0. The normalized spacial score (nSPS) is 15.6. The van der Waals surface area contributed by atoms with E-state index < -0.39 is 0 Å². The molecule has 0 fully saturated rings. The third kappa shape index (κ3) is 16.8. The Balaban J connectivity index is 4.51. The highest BCUT2D eigenvalue weighted by Crippen LogP contribution is 2.43. The van der Waals surface area contributed by atoms with Gasteiger partial charge in [-0.2, -0.15) is 0 Å². The van der Waals surface area contributed by atoms with E-state index in [-0.39, 0.29) is 33.5 Å². The average Bonchev–Trinajstić information content (AvgIpc) is 2.62. The van der Waals surface area contributed by atoms with Gasteiger partial charge in [0.05, 0.1) is 37.6 Å². The first-order valence-electron chi connectivity index (χ1n) is 15.4. The van der Waals surface area contributed by atoms with Crippen molar-refractivity contribution in [1.82, 2.24) is 0 Å². The molecule has 0 radical (unpaired) electrons. The summed E-state index contributed by atoms with van der Waals surface area (Å²) in [5.41, 5.74) is 6.82. The molecule has 1 atom stereocenters. The summed E-state index contributed by atoms with van der Waals surface area (Å²) in [6, 6.07) is 0.181. The molecule has 2 N–H and O–H groups in total. The zero-order valence-corrected chi connectivity index (χ0v) is 28.9. The van der Waals surface area contributed by atoms with Gasteiger partial charge in [0.25, 0.3) is 0 Å². The van der Waals surface area contributed by atoms with Crippen molar-refractivity contribution in [2.45, 2.75) is 160 Å². The largest absolute Gasteiger partial charge is 0.379 e. The Labute approximate surface area is 239 Å². The van der Waals surface area contributed by atoms with Crippen molar-refractivity contribution in [3.63, 3.8) is 0 Å². The third-order valence-corrected chi connectivity index (χ3v) is 7.79. The summed E-state index contributed by atoms with van der Waals surface area (Å²) >= 11 is 0. The minimum Gasteiger partial charge on any atom is -0.379 e. The van der Waals surface area contributed by atoms with E-state index in [0.29, 0.717) is 37.8 Å². The Kier molecular flexibility index (Phi) is 14.6. The van der Waals surface area contributed by atoms with Crippen molar-refractivity contribution in [3.8, 4) is 0 Å². The van der Waals surface area contributed by atoms with Crippen LogP contribution in [0.25, 0.3) is 0 Å². The molecule has 0 saturated carbocycles. The van der Waals surface area contributed by atoms with Crippen molar-refractivity contribution >= 4 is 0 Å². The molecule has 0 aromatic rings. The molecule has 4 nitrogen and oxygen atoms in total. The van der Waals surface area contributed by atoms with E-state index in [1.165, 1.54) is 12.8 Å². The second kappa shape index (κ2) is 14.6. The molecule has 38 heavy (non-hydrogen) atoms. The lowest BCUT2D eigenvalue weighted by Gasteiger charge is -2.41. The second-order valence-electron chi connectivity index (χ2n) is 17.4. The van der Waals surface area contributed by atoms with Gasteiger partial charge in [0.2, 0.25) is 0 Å². The van der Waals surface area contributed by atoms with E-state index in [2.05, 4.69) is 111 Å². The number of hydrogen-bond acceptors (Lipinski definition) is 4. The highest BCUT2D eigenvalue weighted by molar-refractivity contribution is 4.89. The van der Waals surface area contributed by atoms with Gasteiger partial charge < -0.3 is 19.9 Å². The van der Waals surface area contributed by atoms with Gasteiger partial charge in [0.1, 0.15) is 0 Å². The van der Waals surface area contributed by atoms with E-state index in [1.54, 1.807) is 0 Å². The molecule has 0 rings (SSSR count). The Morgan fingerprint density at radius 1 is 0.579 bits per heavy atom. The van der Waals surface area contributed by atoms with Crippen LogP contribution < -0.4 is 5.73 Å². The lowest BCUT2D eigenvalue weighted by molar-refractivity contribution is -0.0969. The molecule has 230 valence electrons.